The normalized spacial score (nSPS) is 32.3. The summed E-state index contributed by atoms with van der Waals surface area (Å²) < 4.78 is 26.1. The first-order valence-electron chi connectivity index (χ1n) is 6.13. The van der Waals surface area contributed by atoms with Crippen LogP contribution in [0.4, 0.5) is 8.78 Å². The summed E-state index contributed by atoms with van der Waals surface area (Å²) in [5.74, 6) is 5.92. The van der Waals surface area contributed by atoms with Crippen molar-refractivity contribution in [1.82, 2.24) is 5.43 Å². The first-order chi connectivity index (χ1) is 8.22. The summed E-state index contributed by atoms with van der Waals surface area (Å²) in [6.07, 6.45) is 3.79. The number of halogens is 2. The van der Waals surface area contributed by atoms with Crippen molar-refractivity contribution in [1.29, 1.82) is 0 Å². The Morgan fingerprint density at radius 1 is 1.18 bits per heavy atom. The monoisotopic (exact) mass is 238 g/mol. The molecule has 2 saturated carbocycles. The largest absolute Gasteiger partial charge is 0.271 e. The molecule has 0 bridgehead atoms. The third-order valence-electron chi connectivity index (χ3n) is 4.34. The lowest BCUT2D eigenvalue weighted by Gasteiger charge is -2.18. The van der Waals surface area contributed by atoms with E-state index in [0.29, 0.717) is 5.92 Å². The van der Waals surface area contributed by atoms with Gasteiger partial charge < -0.3 is 0 Å². The number of hydrogen-bond donors (Lipinski definition) is 2. The summed E-state index contributed by atoms with van der Waals surface area (Å²) in [4.78, 5) is 0. The standard InChI is InChI=1S/C13H16F2N2/c14-10-5-4-7(6-11(10)15)13(17-16)12-8-2-1-3-9(8)12/h4-6,8-9,12-13,17H,1-3,16H2. The molecule has 2 aliphatic carbocycles. The predicted molar refractivity (Wildman–Crippen MR) is 60.7 cm³/mol. The number of benzene rings is 1. The fraction of sp³-hybridized carbons (Fsp3) is 0.538. The predicted octanol–water partition coefficient (Wildman–Crippen LogP) is 2.52. The summed E-state index contributed by atoms with van der Waals surface area (Å²) in [5.41, 5.74) is 3.52. The van der Waals surface area contributed by atoms with E-state index in [1.807, 2.05) is 0 Å². The second-order valence-corrected chi connectivity index (χ2v) is 5.15. The highest BCUT2D eigenvalue weighted by Gasteiger charge is 2.55. The Morgan fingerprint density at radius 3 is 2.47 bits per heavy atom. The Labute approximate surface area is 99.2 Å². The molecule has 0 radical (unpaired) electrons. The molecule has 1 aromatic carbocycles. The molecular weight excluding hydrogens is 222 g/mol. The molecule has 2 fully saturated rings. The molecule has 2 aliphatic rings. The van der Waals surface area contributed by atoms with E-state index in [0.717, 1.165) is 17.4 Å². The second kappa shape index (κ2) is 4.03. The minimum atomic E-state index is -0.805. The number of nitrogens with two attached hydrogens (primary N) is 1. The van der Waals surface area contributed by atoms with E-state index in [4.69, 9.17) is 5.84 Å². The zero-order valence-electron chi connectivity index (χ0n) is 9.50. The van der Waals surface area contributed by atoms with Crippen molar-refractivity contribution >= 4 is 0 Å². The van der Waals surface area contributed by atoms with Crippen molar-refractivity contribution in [2.45, 2.75) is 25.3 Å². The van der Waals surface area contributed by atoms with Crippen LogP contribution in [0.5, 0.6) is 0 Å². The maximum absolute atomic E-state index is 13.2. The Bertz CT molecular complexity index is 425. The summed E-state index contributed by atoms with van der Waals surface area (Å²) in [5, 5.41) is 0. The molecule has 1 aromatic rings. The number of hydrazine groups is 1. The molecule has 3 N–H and O–H groups in total. The summed E-state index contributed by atoms with van der Waals surface area (Å²) in [7, 11) is 0. The molecular formula is C13H16F2N2. The van der Waals surface area contributed by atoms with Gasteiger partial charge in [0.15, 0.2) is 11.6 Å². The summed E-state index contributed by atoms with van der Waals surface area (Å²) >= 11 is 0. The van der Waals surface area contributed by atoms with E-state index in [2.05, 4.69) is 5.43 Å². The molecule has 3 rings (SSSR count). The first-order valence-corrected chi connectivity index (χ1v) is 6.13. The van der Waals surface area contributed by atoms with Gasteiger partial charge in [-0.3, -0.25) is 11.3 Å². The van der Waals surface area contributed by atoms with Crippen LogP contribution in [0.2, 0.25) is 0 Å². The van der Waals surface area contributed by atoms with Crippen LogP contribution in [0.25, 0.3) is 0 Å². The topological polar surface area (TPSA) is 38.0 Å². The molecule has 0 heterocycles. The van der Waals surface area contributed by atoms with Crippen molar-refractivity contribution in [2.24, 2.45) is 23.6 Å². The van der Waals surface area contributed by atoms with Gasteiger partial charge in [0.05, 0.1) is 0 Å². The van der Waals surface area contributed by atoms with Crippen LogP contribution < -0.4 is 11.3 Å². The highest BCUT2D eigenvalue weighted by atomic mass is 19.2. The first kappa shape index (κ1) is 11.1. The Kier molecular flexibility index (Phi) is 2.64. The van der Waals surface area contributed by atoms with Crippen molar-refractivity contribution in [3.63, 3.8) is 0 Å². The van der Waals surface area contributed by atoms with Crippen LogP contribution in [0.3, 0.4) is 0 Å². The maximum Gasteiger partial charge on any atom is 0.159 e. The highest BCUT2D eigenvalue weighted by Crippen LogP contribution is 2.62. The Hall–Kier alpha value is -1.00. The second-order valence-electron chi connectivity index (χ2n) is 5.15. The van der Waals surface area contributed by atoms with E-state index in [9.17, 15) is 8.78 Å². The van der Waals surface area contributed by atoms with E-state index in [-0.39, 0.29) is 6.04 Å². The number of rotatable bonds is 3. The van der Waals surface area contributed by atoms with E-state index >= 15 is 0 Å². The smallest absolute Gasteiger partial charge is 0.159 e. The van der Waals surface area contributed by atoms with Gasteiger partial charge in [0, 0.05) is 6.04 Å². The molecule has 0 amide bonds. The minimum Gasteiger partial charge on any atom is -0.271 e. The SMILES string of the molecule is NNC(c1ccc(F)c(F)c1)C1C2CCCC21. The van der Waals surface area contributed by atoms with Crippen LogP contribution in [-0.2, 0) is 0 Å². The Morgan fingerprint density at radius 2 is 1.88 bits per heavy atom. The third kappa shape index (κ3) is 1.76. The van der Waals surface area contributed by atoms with Crippen molar-refractivity contribution < 1.29 is 8.78 Å². The number of nitrogens with one attached hydrogen (secondary N) is 1. The third-order valence-corrected chi connectivity index (χ3v) is 4.34. The lowest BCUT2D eigenvalue weighted by atomic mass is 9.97. The fourth-order valence-corrected chi connectivity index (χ4v) is 3.51. The molecule has 0 spiro atoms. The van der Waals surface area contributed by atoms with Crippen LogP contribution in [0, 0.1) is 29.4 Å². The lowest BCUT2D eigenvalue weighted by Crippen LogP contribution is -2.30. The van der Waals surface area contributed by atoms with Crippen molar-refractivity contribution in [3.05, 3.63) is 35.4 Å². The van der Waals surface area contributed by atoms with Gasteiger partial charge >= 0.3 is 0 Å². The van der Waals surface area contributed by atoms with Gasteiger partial charge in [-0.15, -0.1) is 0 Å². The van der Waals surface area contributed by atoms with Gasteiger partial charge in [-0.25, -0.2) is 8.78 Å². The zero-order chi connectivity index (χ0) is 12.0. The number of hydrogen-bond acceptors (Lipinski definition) is 2. The fourth-order valence-electron chi connectivity index (χ4n) is 3.51. The minimum absolute atomic E-state index is 0.0413. The quantitative estimate of drug-likeness (QED) is 0.627. The van der Waals surface area contributed by atoms with Crippen LogP contribution in [0.1, 0.15) is 30.9 Å². The molecule has 0 aliphatic heterocycles. The molecule has 4 heteroatoms. The van der Waals surface area contributed by atoms with Gasteiger partial charge in [0.25, 0.3) is 0 Å². The highest BCUT2D eigenvalue weighted by molar-refractivity contribution is 5.25. The van der Waals surface area contributed by atoms with Gasteiger partial charge in [-0.1, -0.05) is 12.5 Å². The molecule has 3 atom stereocenters. The van der Waals surface area contributed by atoms with Crippen molar-refractivity contribution in [2.75, 3.05) is 0 Å². The average molecular weight is 238 g/mol. The summed E-state index contributed by atoms with van der Waals surface area (Å²) in [6, 6.07) is 4.01. The van der Waals surface area contributed by atoms with Gasteiger partial charge in [-0.05, 0) is 48.3 Å². The maximum atomic E-state index is 13.2. The lowest BCUT2D eigenvalue weighted by molar-refractivity contribution is 0.420. The molecule has 17 heavy (non-hydrogen) atoms. The van der Waals surface area contributed by atoms with Gasteiger partial charge in [0.2, 0.25) is 0 Å². The summed E-state index contributed by atoms with van der Waals surface area (Å²) in [6.45, 7) is 0. The van der Waals surface area contributed by atoms with Crippen LogP contribution >= 0.6 is 0 Å². The van der Waals surface area contributed by atoms with Crippen LogP contribution in [-0.4, -0.2) is 0 Å². The van der Waals surface area contributed by atoms with Crippen LogP contribution in [0.15, 0.2) is 18.2 Å². The molecule has 0 aromatic heterocycles. The van der Waals surface area contributed by atoms with E-state index in [1.54, 1.807) is 6.07 Å². The number of fused-ring (bicyclic) bond motifs is 1. The van der Waals surface area contributed by atoms with Crippen molar-refractivity contribution in [3.8, 4) is 0 Å². The molecule has 0 saturated heterocycles. The van der Waals surface area contributed by atoms with E-state index in [1.165, 1.54) is 31.4 Å². The molecule has 2 nitrogen and oxygen atoms in total. The molecule has 92 valence electrons. The Balaban J connectivity index is 1.83. The zero-order valence-corrected chi connectivity index (χ0v) is 9.50. The van der Waals surface area contributed by atoms with E-state index < -0.39 is 11.6 Å². The van der Waals surface area contributed by atoms with Gasteiger partial charge in [0.1, 0.15) is 0 Å². The average Bonchev–Trinajstić information content (AvgIpc) is 2.79. The molecule has 3 unspecified atom stereocenters. The van der Waals surface area contributed by atoms with Gasteiger partial charge in [-0.2, -0.15) is 0 Å².